The Morgan fingerprint density at radius 3 is 0.790 bits per heavy atom. The monoisotopic (exact) mass is 850 g/mol. The predicted octanol–water partition coefficient (Wildman–Crippen LogP) is 15.6. The van der Waals surface area contributed by atoms with Gasteiger partial charge in [-0.05, 0) is 96.5 Å². The smallest absolute Gasteiger partial charge is 0.155 e. The van der Waals surface area contributed by atoms with Gasteiger partial charge in [-0.1, -0.05) is 182 Å². The van der Waals surface area contributed by atoms with E-state index in [4.69, 9.17) is 15.1 Å². The standard InChI is InChI=1S/C52H40N2.C5H8O2.Ni/c1-37(53-51-47(41-25-13-5-14-26-41)33-45(39-21-9-3-10-22-39)34-48(51)42-27-15-6-16-28-42)38(2)54-52-49(43-29-17-7-18-30-43)35-46(40-23-11-4-12-24-40)36-50(52)44-31-19-8-20-32-44;1-4(6)3-5(2)7;/h3-36H,1-2H3;3,6H,1-2H3;/b;4-3-;. The van der Waals surface area contributed by atoms with Gasteiger partial charge in [-0.25, -0.2) is 0 Å². The molecule has 0 aliphatic carbocycles. The van der Waals surface area contributed by atoms with Crippen LogP contribution in [0, 0.1) is 0 Å². The normalized spacial score (nSPS) is 11.5. The molecule has 0 heterocycles. The minimum Gasteiger partial charge on any atom is -0.512 e. The van der Waals surface area contributed by atoms with Gasteiger partial charge in [0, 0.05) is 44.8 Å². The molecule has 8 aromatic carbocycles. The largest absolute Gasteiger partial charge is 0.512 e. The third-order valence-electron chi connectivity index (χ3n) is 10.3. The molecule has 308 valence electrons. The van der Waals surface area contributed by atoms with E-state index in [0.29, 0.717) is 0 Å². The summed E-state index contributed by atoms with van der Waals surface area (Å²) in [7, 11) is 0. The number of aliphatic hydroxyl groups excluding tert-OH is 1. The quantitative estimate of drug-likeness (QED) is 0.0645. The van der Waals surface area contributed by atoms with Gasteiger partial charge in [0.05, 0.1) is 28.6 Å². The van der Waals surface area contributed by atoms with Crippen molar-refractivity contribution >= 4 is 28.6 Å². The van der Waals surface area contributed by atoms with E-state index in [0.717, 1.165) is 89.6 Å². The maximum atomic E-state index is 10.0. The van der Waals surface area contributed by atoms with Crippen molar-refractivity contribution in [3.63, 3.8) is 0 Å². The van der Waals surface area contributed by atoms with Gasteiger partial charge in [-0.2, -0.15) is 0 Å². The topological polar surface area (TPSA) is 62.0 Å². The Bertz CT molecular complexity index is 2510. The van der Waals surface area contributed by atoms with Crippen LogP contribution in [0.2, 0.25) is 0 Å². The second-order valence-corrected chi connectivity index (χ2v) is 14.8. The van der Waals surface area contributed by atoms with Crippen molar-refractivity contribution in [2.75, 3.05) is 0 Å². The van der Waals surface area contributed by atoms with Gasteiger partial charge in [0.2, 0.25) is 0 Å². The zero-order chi connectivity index (χ0) is 42.6. The molecule has 0 bridgehead atoms. The first-order valence-electron chi connectivity index (χ1n) is 20.4. The first-order valence-corrected chi connectivity index (χ1v) is 20.4. The van der Waals surface area contributed by atoms with Gasteiger partial charge >= 0.3 is 0 Å². The summed E-state index contributed by atoms with van der Waals surface area (Å²) in [4.78, 5) is 21.0. The Morgan fingerprint density at radius 2 is 0.597 bits per heavy atom. The van der Waals surface area contributed by atoms with Crippen molar-refractivity contribution < 1.29 is 26.4 Å². The van der Waals surface area contributed by atoms with Gasteiger partial charge < -0.3 is 5.11 Å². The van der Waals surface area contributed by atoms with E-state index in [9.17, 15) is 4.79 Å². The van der Waals surface area contributed by atoms with Crippen molar-refractivity contribution in [2.45, 2.75) is 27.7 Å². The van der Waals surface area contributed by atoms with Crippen LogP contribution in [0.4, 0.5) is 11.4 Å². The number of rotatable bonds is 10. The number of allylic oxidation sites excluding steroid dienone is 2. The summed E-state index contributed by atoms with van der Waals surface area (Å²) < 4.78 is 0. The summed E-state index contributed by atoms with van der Waals surface area (Å²) in [6.45, 7) is 7.01. The number of benzene rings is 8. The van der Waals surface area contributed by atoms with E-state index in [-0.39, 0.29) is 28.0 Å². The van der Waals surface area contributed by atoms with Crippen LogP contribution in [0.5, 0.6) is 0 Å². The van der Waals surface area contributed by atoms with E-state index in [1.54, 1.807) is 0 Å². The van der Waals surface area contributed by atoms with Crippen LogP contribution in [-0.4, -0.2) is 22.3 Å². The SMILES string of the molecule is CC(=Nc1c(-c2ccccc2)cc(-c2ccccc2)cc1-c1ccccc1)C(C)=Nc1c(-c2ccccc2)cc(-c2ccccc2)cc1-c1ccccc1.CC(=O)/C=C(/C)O.[Ni]. The second-order valence-electron chi connectivity index (χ2n) is 14.8. The van der Waals surface area contributed by atoms with Gasteiger partial charge in [-0.3, -0.25) is 14.8 Å². The molecular weight excluding hydrogens is 803 g/mol. The Labute approximate surface area is 375 Å². The van der Waals surface area contributed by atoms with Gasteiger partial charge in [0.25, 0.3) is 0 Å². The number of aliphatic hydroxyl groups is 1. The fourth-order valence-corrected chi connectivity index (χ4v) is 7.25. The Morgan fingerprint density at radius 1 is 0.371 bits per heavy atom. The molecule has 0 saturated heterocycles. The van der Waals surface area contributed by atoms with Gasteiger partial charge in [-0.15, -0.1) is 0 Å². The second kappa shape index (κ2) is 21.4. The van der Waals surface area contributed by atoms with E-state index in [1.807, 2.05) is 0 Å². The maximum absolute atomic E-state index is 10.0. The van der Waals surface area contributed by atoms with Crippen LogP contribution in [0.15, 0.2) is 228 Å². The van der Waals surface area contributed by atoms with Crippen LogP contribution in [0.25, 0.3) is 66.8 Å². The summed E-state index contributed by atoms with van der Waals surface area (Å²) in [6.07, 6.45) is 1.17. The molecule has 0 spiro atoms. The number of ketones is 1. The summed E-state index contributed by atoms with van der Waals surface area (Å²) in [5.74, 6) is -0.0625. The van der Waals surface area contributed by atoms with Crippen molar-refractivity contribution in [3.8, 4) is 66.8 Å². The molecule has 0 saturated carbocycles. The van der Waals surface area contributed by atoms with Crippen molar-refractivity contribution in [2.24, 2.45) is 9.98 Å². The average molecular weight is 852 g/mol. The van der Waals surface area contributed by atoms with Crippen LogP contribution >= 0.6 is 0 Å². The summed E-state index contributed by atoms with van der Waals surface area (Å²) in [5, 5.41) is 8.36. The summed E-state index contributed by atoms with van der Waals surface area (Å²) in [5.41, 5.74) is 16.9. The van der Waals surface area contributed by atoms with Crippen LogP contribution in [0.3, 0.4) is 0 Å². The van der Waals surface area contributed by atoms with Crippen LogP contribution in [-0.2, 0) is 21.3 Å². The number of carbonyl (C=O) groups is 1. The van der Waals surface area contributed by atoms with E-state index in [1.165, 1.54) is 19.9 Å². The fourth-order valence-electron chi connectivity index (χ4n) is 7.25. The van der Waals surface area contributed by atoms with E-state index in [2.05, 4.69) is 220 Å². The summed E-state index contributed by atoms with van der Waals surface area (Å²) >= 11 is 0. The van der Waals surface area contributed by atoms with Crippen molar-refractivity contribution in [1.29, 1.82) is 0 Å². The molecule has 0 fully saturated rings. The molecule has 5 heteroatoms. The zero-order valence-corrected chi connectivity index (χ0v) is 36.3. The minimum absolute atomic E-state index is 0. The first-order chi connectivity index (χ1) is 29.7. The van der Waals surface area contributed by atoms with Crippen LogP contribution < -0.4 is 0 Å². The average Bonchev–Trinajstić information content (AvgIpc) is 3.30. The maximum Gasteiger partial charge on any atom is 0.155 e. The molecule has 4 nitrogen and oxygen atoms in total. The molecular formula is C57H48N2NiO2. The molecule has 0 atom stereocenters. The van der Waals surface area contributed by atoms with Crippen molar-refractivity contribution in [1.82, 2.24) is 0 Å². The number of aliphatic imine (C=N–C) groups is 2. The first kappa shape index (κ1) is 44.4. The zero-order valence-electron chi connectivity index (χ0n) is 35.3. The molecule has 0 amide bonds. The Balaban J connectivity index is 0.000000740. The third-order valence-corrected chi connectivity index (χ3v) is 10.3. The Hall–Kier alpha value is -7.20. The Kier molecular flexibility index (Phi) is 15.3. The predicted molar refractivity (Wildman–Crippen MR) is 258 cm³/mol. The number of hydrogen-bond donors (Lipinski definition) is 1. The molecule has 0 aromatic heterocycles. The van der Waals surface area contributed by atoms with E-state index >= 15 is 0 Å². The number of hydrogen-bond acceptors (Lipinski definition) is 4. The number of nitrogens with zero attached hydrogens (tertiary/aromatic N) is 2. The summed E-state index contributed by atoms with van der Waals surface area (Å²) in [6, 6.07) is 72.6. The van der Waals surface area contributed by atoms with Crippen LogP contribution in [0.1, 0.15) is 27.7 Å². The number of carbonyl (C=O) groups excluding carboxylic acids is 1. The molecule has 0 radical (unpaired) electrons. The fraction of sp³-hybridized carbons (Fsp3) is 0.0702. The third kappa shape index (κ3) is 11.1. The van der Waals surface area contributed by atoms with Gasteiger partial charge in [0.15, 0.2) is 5.78 Å². The molecule has 62 heavy (non-hydrogen) atoms. The van der Waals surface area contributed by atoms with Crippen molar-refractivity contribution in [3.05, 3.63) is 218 Å². The molecule has 0 aliphatic rings. The molecule has 8 aromatic rings. The minimum atomic E-state index is -0.125. The van der Waals surface area contributed by atoms with E-state index < -0.39 is 0 Å². The molecule has 0 aliphatic heterocycles. The molecule has 8 rings (SSSR count). The molecule has 1 N–H and O–H groups in total. The van der Waals surface area contributed by atoms with Gasteiger partial charge in [0.1, 0.15) is 0 Å². The molecule has 0 unspecified atom stereocenters.